The van der Waals surface area contributed by atoms with Crippen LogP contribution in [0.4, 0.5) is 0 Å². The zero-order chi connectivity index (χ0) is 12.1. The minimum atomic E-state index is 0.188. The van der Waals surface area contributed by atoms with Gasteiger partial charge >= 0.3 is 0 Å². The molecule has 3 unspecified atom stereocenters. The molecule has 94 valence electrons. The summed E-state index contributed by atoms with van der Waals surface area (Å²) in [4.78, 5) is 0. The molecule has 1 aromatic heterocycles. The molecule has 1 heterocycles. The van der Waals surface area contributed by atoms with Gasteiger partial charge in [-0.25, -0.2) is 5.43 Å². The molecule has 2 aliphatic carbocycles. The molecular weight excluding hydrogens is 224 g/mol. The van der Waals surface area contributed by atoms with Gasteiger partial charge in [0, 0.05) is 5.39 Å². The van der Waals surface area contributed by atoms with Crippen molar-refractivity contribution in [1.82, 2.24) is 5.43 Å². The number of furan rings is 1. The largest absolute Gasteiger partial charge is 0.459 e. The van der Waals surface area contributed by atoms with Crippen LogP contribution in [0.5, 0.6) is 0 Å². The predicted molar refractivity (Wildman–Crippen MR) is 70.6 cm³/mol. The lowest BCUT2D eigenvalue weighted by molar-refractivity contribution is 0.363. The van der Waals surface area contributed by atoms with Crippen LogP contribution in [0.15, 0.2) is 34.7 Å². The van der Waals surface area contributed by atoms with Crippen molar-refractivity contribution in [3.63, 3.8) is 0 Å². The van der Waals surface area contributed by atoms with Gasteiger partial charge in [0.1, 0.15) is 11.3 Å². The number of nitrogens with one attached hydrogen (secondary N) is 1. The summed E-state index contributed by atoms with van der Waals surface area (Å²) in [5.74, 6) is 9.19. The van der Waals surface area contributed by atoms with E-state index in [1.165, 1.54) is 24.6 Å². The standard InChI is InChI=1S/C15H18N2O/c16-17-15(14-10-5-3-6-11(10)14)13-8-9-4-1-2-7-12(9)18-13/h1-2,4,7-8,10-11,14-15,17H,3,5-6,16H2. The van der Waals surface area contributed by atoms with Crippen molar-refractivity contribution in [1.29, 1.82) is 0 Å². The number of rotatable bonds is 3. The van der Waals surface area contributed by atoms with E-state index in [-0.39, 0.29) is 6.04 Å². The molecular formula is C15H18N2O. The van der Waals surface area contributed by atoms with E-state index in [1.54, 1.807) is 0 Å². The summed E-state index contributed by atoms with van der Waals surface area (Å²) in [6, 6.07) is 10.5. The molecule has 2 fully saturated rings. The van der Waals surface area contributed by atoms with Crippen LogP contribution in [0, 0.1) is 17.8 Å². The van der Waals surface area contributed by atoms with Crippen LogP contribution >= 0.6 is 0 Å². The highest BCUT2D eigenvalue weighted by atomic mass is 16.3. The SMILES string of the molecule is NNC(c1cc2ccccc2o1)C1C2CCCC21. The fraction of sp³-hybridized carbons (Fsp3) is 0.467. The Bertz CT molecular complexity index is 534. The normalized spacial score (nSPS) is 31.5. The van der Waals surface area contributed by atoms with E-state index in [4.69, 9.17) is 10.3 Å². The van der Waals surface area contributed by atoms with E-state index in [0.717, 1.165) is 23.2 Å². The molecule has 0 radical (unpaired) electrons. The van der Waals surface area contributed by atoms with Crippen molar-refractivity contribution in [2.45, 2.75) is 25.3 Å². The molecule has 3 atom stereocenters. The first-order valence-electron chi connectivity index (χ1n) is 6.83. The van der Waals surface area contributed by atoms with E-state index >= 15 is 0 Å². The van der Waals surface area contributed by atoms with Gasteiger partial charge in [-0.3, -0.25) is 5.84 Å². The lowest BCUT2D eigenvalue weighted by Crippen LogP contribution is -2.30. The Balaban J connectivity index is 1.67. The maximum absolute atomic E-state index is 5.95. The summed E-state index contributed by atoms with van der Waals surface area (Å²) < 4.78 is 5.95. The summed E-state index contributed by atoms with van der Waals surface area (Å²) in [6.07, 6.45) is 4.13. The first-order valence-corrected chi connectivity index (χ1v) is 6.83. The Kier molecular flexibility index (Phi) is 2.26. The minimum Gasteiger partial charge on any atom is -0.459 e. The Morgan fingerprint density at radius 3 is 2.72 bits per heavy atom. The van der Waals surface area contributed by atoms with Crippen molar-refractivity contribution < 1.29 is 4.42 Å². The molecule has 0 bridgehead atoms. The Labute approximate surface area is 106 Å². The third-order valence-corrected chi connectivity index (χ3v) is 4.79. The molecule has 2 saturated carbocycles. The van der Waals surface area contributed by atoms with Gasteiger partial charge in [0.05, 0.1) is 6.04 Å². The Hall–Kier alpha value is -1.32. The number of nitrogens with two attached hydrogens (primary N) is 1. The second kappa shape index (κ2) is 3.84. The van der Waals surface area contributed by atoms with Gasteiger partial charge in [-0.2, -0.15) is 0 Å². The van der Waals surface area contributed by atoms with E-state index in [9.17, 15) is 0 Å². The molecule has 4 rings (SSSR count). The highest BCUT2D eigenvalue weighted by molar-refractivity contribution is 5.77. The second-order valence-corrected chi connectivity index (χ2v) is 5.67. The fourth-order valence-corrected chi connectivity index (χ4v) is 3.91. The third kappa shape index (κ3) is 1.44. The highest BCUT2D eigenvalue weighted by Crippen LogP contribution is 2.62. The predicted octanol–water partition coefficient (Wildman–Crippen LogP) is 2.98. The quantitative estimate of drug-likeness (QED) is 0.642. The van der Waals surface area contributed by atoms with Crippen LogP contribution in [-0.4, -0.2) is 0 Å². The van der Waals surface area contributed by atoms with Gasteiger partial charge in [0.2, 0.25) is 0 Å². The van der Waals surface area contributed by atoms with Crippen molar-refractivity contribution in [3.05, 3.63) is 36.1 Å². The molecule has 1 aromatic carbocycles. The number of hydrogen-bond acceptors (Lipinski definition) is 3. The molecule has 0 aliphatic heterocycles. The van der Waals surface area contributed by atoms with Crippen molar-refractivity contribution >= 4 is 11.0 Å². The van der Waals surface area contributed by atoms with Crippen LogP contribution in [0.3, 0.4) is 0 Å². The van der Waals surface area contributed by atoms with Crippen LogP contribution in [0.1, 0.15) is 31.1 Å². The molecule has 3 N–H and O–H groups in total. The smallest absolute Gasteiger partial charge is 0.134 e. The lowest BCUT2D eigenvalue weighted by atomic mass is 10.0. The maximum atomic E-state index is 5.95. The fourth-order valence-electron chi connectivity index (χ4n) is 3.91. The van der Waals surface area contributed by atoms with Crippen molar-refractivity contribution in [2.75, 3.05) is 0 Å². The topological polar surface area (TPSA) is 51.2 Å². The van der Waals surface area contributed by atoms with Crippen molar-refractivity contribution in [3.8, 4) is 0 Å². The number of hydrogen-bond donors (Lipinski definition) is 2. The van der Waals surface area contributed by atoms with Crippen LogP contribution < -0.4 is 11.3 Å². The van der Waals surface area contributed by atoms with Gasteiger partial charge in [-0.05, 0) is 42.7 Å². The Morgan fingerprint density at radius 2 is 2.00 bits per heavy atom. The second-order valence-electron chi connectivity index (χ2n) is 5.67. The van der Waals surface area contributed by atoms with Crippen molar-refractivity contribution in [2.24, 2.45) is 23.6 Å². The van der Waals surface area contributed by atoms with E-state index in [0.29, 0.717) is 5.92 Å². The van der Waals surface area contributed by atoms with Gasteiger partial charge in [0.15, 0.2) is 0 Å². The van der Waals surface area contributed by atoms with Gasteiger partial charge in [-0.15, -0.1) is 0 Å². The van der Waals surface area contributed by atoms with Crippen LogP contribution in [-0.2, 0) is 0 Å². The van der Waals surface area contributed by atoms with Gasteiger partial charge in [0.25, 0.3) is 0 Å². The molecule has 18 heavy (non-hydrogen) atoms. The molecule has 0 saturated heterocycles. The lowest BCUT2D eigenvalue weighted by Gasteiger charge is -2.15. The summed E-state index contributed by atoms with van der Waals surface area (Å²) in [6.45, 7) is 0. The van der Waals surface area contributed by atoms with Gasteiger partial charge in [-0.1, -0.05) is 24.6 Å². The van der Waals surface area contributed by atoms with Crippen LogP contribution in [0.2, 0.25) is 0 Å². The van der Waals surface area contributed by atoms with E-state index in [2.05, 4.69) is 17.6 Å². The summed E-state index contributed by atoms with van der Waals surface area (Å²) in [7, 11) is 0. The van der Waals surface area contributed by atoms with E-state index in [1.807, 2.05) is 18.2 Å². The Morgan fingerprint density at radius 1 is 1.22 bits per heavy atom. The van der Waals surface area contributed by atoms with E-state index < -0.39 is 0 Å². The zero-order valence-electron chi connectivity index (χ0n) is 10.3. The molecule has 0 spiro atoms. The average Bonchev–Trinajstić information content (AvgIpc) is 2.83. The minimum absolute atomic E-state index is 0.188. The number of benzene rings is 1. The molecule has 2 aliphatic rings. The highest BCUT2D eigenvalue weighted by Gasteiger charge is 2.56. The molecule has 3 heteroatoms. The monoisotopic (exact) mass is 242 g/mol. The molecule has 3 nitrogen and oxygen atoms in total. The first-order chi connectivity index (χ1) is 8.88. The van der Waals surface area contributed by atoms with Gasteiger partial charge < -0.3 is 4.42 Å². The zero-order valence-corrected chi connectivity index (χ0v) is 10.3. The third-order valence-electron chi connectivity index (χ3n) is 4.79. The van der Waals surface area contributed by atoms with Crippen LogP contribution in [0.25, 0.3) is 11.0 Å². The average molecular weight is 242 g/mol. The first kappa shape index (κ1) is 10.6. The summed E-state index contributed by atoms with van der Waals surface area (Å²) >= 11 is 0. The maximum Gasteiger partial charge on any atom is 0.134 e. The molecule has 2 aromatic rings. The molecule has 0 amide bonds. The number of hydrazine groups is 1. The summed E-state index contributed by atoms with van der Waals surface area (Å²) in [5, 5.41) is 1.17. The number of fused-ring (bicyclic) bond motifs is 2. The summed E-state index contributed by atoms with van der Waals surface area (Å²) in [5.41, 5.74) is 3.93. The number of para-hydroxylation sites is 1.